The largest absolute Gasteiger partial charge is 0.337 e. The van der Waals surface area contributed by atoms with Crippen molar-refractivity contribution in [2.45, 2.75) is 69.9 Å². The Labute approximate surface area is 128 Å². The van der Waals surface area contributed by atoms with Gasteiger partial charge in [-0.05, 0) is 52.1 Å². The molecule has 0 spiro atoms. The summed E-state index contributed by atoms with van der Waals surface area (Å²) in [6, 6.07) is 3.27. The fourth-order valence-corrected chi connectivity index (χ4v) is 4.67. The Kier molecular flexibility index (Phi) is 4.21. The smallest absolute Gasteiger partial charge is 0.243 e. The van der Waals surface area contributed by atoms with Crippen molar-refractivity contribution in [3.8, 4) is 6.07 Å². The highest BCUT2D eigenvalue weighted by Gasteiger charge is 2.47. The van der Waals surface area contributed by atoms with E-state index in [0.29, 0.717) is 12.1 Å². The summed E-state index contributed by atoms with van der Waals surface area (Å²) in [4.78, 5) is 17.6. The summed E-state index contributed by atoms with van der Waals surface area (Å²) in [6.45, 7) is 2.00. The molecule has 4 nitrogen and oxygen atoms in total. The average Bonchev–Trinajstić information content (AvgIpc) is 3.15. The first-order chi connectivity index (χ1) is 10.2. The minimum atomic E-state index is -0.710. The molecule has 0 bridgehead atoms. The number of amides is 1. The molecule has 2 atom stereocenters. The number of nitrogens with zero attached hydrogens (tertiary/aromatic N) is 3. The van der Waals surface area contributed by atoms with E-state index < -0.39 is 5.41 Å². The Morgan fingerprint density at radius 2 is 1.71 bits per heavy atom. The maximum Gasteiger partial charge on any atom is 0.243 e. The second-order valence-electron chi connectivity index (χ2n) is 7.15. The van der Waals surface area contributed by atoms with Crippen molar-refractivity contribution >= 4 is 5.91 Å². The molecule has 0 radical (unpaired) electrons. The van der Waals surface area contributed by atoms with Crippen LogP contribution in [0, 0.1) is 16.7 Å². The number of likely N-dealkylation sites (N-methyl/N-ethyl adjacent to an activating group) is 1. The van der Waals surface area contributed by atoms with E-state index in [4.69, 9.17) is 0 Å². The van der Waals surface area contributed by atoms with Crippen molar-refractivity contribution in [3.05, 3.63) is 0 Å². The van der Waals surface area contributed by atoms with Crippen LogP contribution in [0.1, 0.15) is 57.8 Å². The predicted molar refractivity (Wildman–Crippen MR) is 81.5 cm³/mol. The average molecular weight is 289 g/mol. The molecular weight excluding hydrogens is 262 g/mol. The first-order valence-corrected chi connectivity index (χ1v) is 8.60. The summed E-state index contributed by atoms with van der Waals surface area (Å²) in [5, 5.41) is 9.67. The highest BCUT2D eigenvalue weighted by molar-refractivity contribution is 5.86. The van der Waals surface area contributed by atoms with E-state index in [-0.39, 0.29) is 5.91 Å². The Morgan fingerprint density at radius 3 is 2.33 bits per heavy atom. The lowest BCUT2D eigenvalue weighted by Crippen LogP contribution is -2.52. The molecule has 3 fully saturated rings. The number of hydrogen-bond acceptors (Lipinski definition) is 3. The van der Waals surface area contributed by atoms with Crippen LogP contribution in [0.4, 0.5) is 0 Å². The van der Waals surface area contributed by atoms with Crippen molar-refractivity contribution < 1.29 is 4.79 Å². The lowest BCUT2D eigenvalue weighted by atomic mass is 9.74. The number of carbonyl (C=O) groups excluding carboxylic acids is 1. The Balaban J connectivity index is 1.78. The molecule has 0 aromatic carbocycles. The number of likely N-dealkylation sites (tertiary alicyclic amines) is 2. The van der Waals surface area contributed by atoms with E-state index in [9.17, 15) is 10.1 Å². The van der Waals surface area contributed by atoms with E-state index in [0.717, 1.165) is 51.6 Å². The molecule has 0 aromatic rings. The third-order valence-electron chi connectivity index (χ3n) is 5.91. The van der Waals surface area contributed by atoms with Crippen LogP contribution in [0.3, 0.4) is 0 Å². The van der Waals surface area contributed by atoms with Gasteiger partial charge in [0.1, 0.15) is 5.41 Å². The molecule has 1 amide bonds. The monoisotopic (exact) mass is 289 g/mol. The maximum atomic E-state index is 13.1. The summed E-state index contributed by atoms with van der Waals surface area (Å²) in [6.07, 6.45) is 9.42. The van der Waals surface area contributed by atoms with E-state index in [1.54, 1.807) is 0 Å². The van der Waals surface area contributed by atoms with Gasteiger partial charge in [-0.15, -0.1) is 0 Å². The van der Waals surface area contributed by atoms with Crippen LogP contribution in [0.5, 0.6) is 0 Å². The zero-order valence-electron chi connectivity index (χ0n) is 13.2. The van der Waals surface area contributed by atoms with Crippen molar-refractivity contribution in [3.63, 3.8) is 0 Å². The fourth-order valence-electron chi connectivity index (χ4n) is 4.67. The van der Waals surface area contributed by atoms with Gasteiger partial charge in [0.2, 0.25) is 5.91 Å². The molecule has 1 aliphatic carbocycles. The molecule has 3 rings (SSSR count). The summed E-state index contributed by atoms with van der Waals surface area (Å²) in [7, 11) is 2.18. The molecule has 3 aliphatic rings. The van der Waals surface area contributed by atoms with Crippen LogP contribution < -0.4 is 0 Å². The van der Waals surface area contributed by atoms with Gasteiger partial charge in [-0.1, -0.05) is 19.3 Å². The molecule has 2 aliphatic heterocycles. The summed E-state index contributed by atoms with van der Waals surface area (Å²) < 4.78 is 0. The fraction of sp³-hybridized carbons (Fsp3) is 0.882. The van der Waals surface area contributed by atoms with Gasteiger partial charge in [0.25, 0.3) is 0 Å². The van der Waals surface area contributed by atoms with Gasteiger partial charge < -0.3 is 9.80 Å². The van der Waals surface area contributed by atoms with Crippen LogP contribution >= 0.6 is 0 Å². The van der Waals surface area contributed by atoms with Gasteiger partial charge in [0.05, 0.1) is 6.07 Å². The van der Waals surface area contributed by atoms with Gasteiger partial charge in [-0.2, -0.15) is 5.26 Å². The van der Waals surface area contributed by atoms with Crippen LogP contribution in [-0.4, -0.2) is 47.9 Å². The van der Waals surface area contributed by atoms with Gasteiger partial charge in [-0.25, -0.2) is 0 Å². The van der Waals surface area contributed by atoms with Crippen molar-refractivity contribution in [2.75, 3.05) is 20.1 Å². The number of nitriles is 1. The molecule has 0 N–H and O–H groups in total. The minimum absolute atomic E-state index is 0.146. The molecular formula is C17H27N3O. The van der Waals surface area contributed by atoms with Crippen molar-refractivity contribution in [1.82, 2.24) is 9.80 Å². The Morgan fingerprint density at radius 1 is 1.05 bits per heavy atom. The highest BCUT2D eigenvalue weighted by atomic mass is 16.2. The summed E-state index contributed by atoms with van der Waals surface area (Å²) >= 11 is 0. The quantitative estimate of drug-likeness (QED) is 0.785. The lowest BCUT2D eigenvalue weighted by Gasteiger charge is -2.39. The second-order valence-corrected chi connectivity index (χ2v) is 7.15. The number of carbonyl (C=O) groups is 1. The topological polar surface area (TPSA) is 47.3 Å². The van der Waals surface area contributed by atoms with Gasteiger partial charge in [-0.3, -0.25) is 4.79 Å². The molecule has 1 saturated carbocycles. The number of rotatable bonds is 2. The normalized spacial score (nSPS) is 33.0. The zero-order chi connectivity index (χ0) is 14.9. The molecule has 2 heterocycles. The molecule has 2 saturated heterocycles. The maximum absolute atomic E-state index is 13.1. The van der Waals surface area contributed by atoms with Crippen LogP contribution in [-0.2, 0) is 4.79 Å². The van der Waals surface area contributed by atoms with Gasteiger partial charge in [0, 0.05) is 18.6 Å². The van der Waals surface area contributed by atoms with E-state index in [1.807, 2.05) is 0 Å². The van der Waals surface area contributed by atoms with Crippen LogP contribution in [0.2, 0.25) is 0 Å². The molecule has 21 heavy (non-hydrogen) atoms. The van der Waals surface area contributed by atoms with E-state index >= 15 is 0 Å². The summed E-state index contributed by atoms with van der Waals surface area (Å²) in [5.74, 6) is 0.146. The number of hydrogen-bond donors (Lipinski definition) is 0. The van der Waals surface area contributed by atoms with E-state index in [2.05, 4.69) is 22.9 Å². The third-order valence-corrected chi connectivity index (χ3v) is 5.91. The van der Waals surface area contributed by atoms with Crippen molar-refractivity contribution in [2.24, 2.45) is 5.41 Å². The highest BCUT2D eigenvalue weighted by Crippen LogP contribution is 2.40. The van der Waals surface area contributed by atoms with Crippen molar-refractivity contribution in [1.29, 1.82) is 5.26 Å². The molecule has 0 aromatic heterocycles. The first-order valence-electron chi connectivity index (χ1n) is 8.60. The SMILES string of the molecule is CN1CCC[C@H]1[C@@H]1CCCN1C(=O)C1(C#N)CCCCC1. The first kappa shape index (κ1) is 14.8. The lowest BCUT2D eigenvalue weighted by molar-refractivity contribution is -0.142. The molecule has 116 valence electrons. The summed E-state index contributed by atoms with van der Waals surface area (Å²) in [5.41, 5.74) is -0.710. The molecule has 0 unspecified atom stereocenters. The van der Waals surface area contributed by atoms with Crippen LogP contribution in [0.15, 0.2) is 0 Å². The van der Waals surface area contributed by atoms with Crippen LogP contribution in [0.25, 0.3) is 0 Å². The van der Waals surface area contributed by atoms with Gasteiger partial charge in [0.15, 0.2) is 0 Å². The standard InChI is InChI=1S/C17H27N3O/c1-19-11-5-7-14(19)15-8-6-12-20(15)16(21)17(13-18)9-3-2-4-10-17/h14-15H,2-12H2,1H3/t14-,15-/m0/s1. The minimum Gasteiger partial charge on any atom is -0.337 e. The second kappa shape index (κ2) is 5.96. The van der Waals surface area contributed by atoms with E-state index in [1.165, 1.54) is 19.3 Å². The van der Waals surface area contributed by atoms with Gasteiger partial charge >= 0.3 is 0 Å². The third kappa shape index (κ3) is 2.57. The Hall–Kier alpha value is -1.08. The predicted octanol–water partition coefficient (Wildman–Crippen LogP) is 2.55. The zero-order valence-corrected chi connectivity index (χ0v) is 13.2. The Bertz CT molecular complexity index is 436. The molecule has 4 heteroatoms.